The fourth-order valence-corrected chi connectivity index (χ4v) is 2.76. The first-order valence-electron chi connectivity index (χ1n) is 4.88. The summed E-state index contributed by atoms with van der Waals surface area (Å²) in [7, 11) is 0. The van der Waals surface area contributed by atoms with Gasteiger partial charge in [-0.2, -0.15) is 11.8 Å². The van der Waals surface area contributed by atoms with Crippen LogP contribution in [0.3, 0.4) is 0 Å². The van der Waals surface area contributed by atoms with Crippen LogP contribution in [-0.2, 0) is 12.2 Å². The van der Waals surface area contributed by atoms with Gasteiger partial charge in [0, 0.05) is 23.1 Å². The Morgan fingerprint density at radius 2 is 2.21 bits per heavy atom. The van der Waals surface area contributed by atoms with Gasteiger partial charge in [0.2, 0.25) is 0 Å². The number of hydrogen-bond donors (Lipinski definition) is 1. The van der Waals surface area contributed by atoms with Crippen molar-refractivity contribution in [3.05, 3.63) is 22.8 Å². The Morgan fingerprint density at radius 1 is 1.43 bits per heavy atom. The van der Waals surface area contributed by atoms with Crippen molar-refractivity contribution in [1.29, 1.82) is 0 Å². The Bertz CT molecular complexity index is 349. The predicted octanol–water partition coefficient (Wildman–Crippen LogP) is 1.59. The second-order valence-electron chi connectivity index (χ2n) is 3.67. The minimum absolute atomic E-state index is 0.0177. The normalized spacial score (nSPS) is 17.6. The van der Waals surface area contributed by atoms with E-state index in [-0.39, 0.29) is 6.04 Å². The van der Waals surface area contributed by atoms with Crippen LogP contribution in [0.1, 0.15) is 35.7 Å². The summed E-state index contributed by atoms with van der Waals surface area (Å²) < 4.78 is 0. The summed E-state index contributed by atoms with van der Waals surface area (Å²) in [6.07, 6.45) is 1.06. The van der Waals surface area contributed by atoms with Gasteiger partial charge in [-0.05, 0) is 26.0 Å². The molecule has 0 bridgehead atoms. The molecule has 1 unspecified atom stereocenters. The third-order valence-electron chi connectivity index (χ3n) is 2.40. The zero-order chi connectivity index (χ0) is 10.1. The van der Waals surface area contributed by atoms with Gasteiger partial charge in [-0.15, -0.1) is 0 Å². The van der Waals surface area contributed by atoms with Gasteiger partial charge in [0.1, 0.15) is 5.82 Å². The molecule has 0 saturated carbocycles. The molecule has 0 radical (unpaired) electrons. The number of fused-ring (bicyclic) bond motifs is 1. The van der Waals surface area contributed by atoms with E-state index >= 15 is 0 Å². The molecule has 76 valence electrons. The molecule has 14 heavy (non-hydrogen) atoms. The summed E-state index contributed by atoms with van der Waals surface area (Å²) in [5, 5.41) is 0. The third-order valence-corrected chi connectivity index (χ3v) is 3.38. The standard InChI is InChI=1S/C10H15N3S/c1-6(11)10-8-5-14-4-3-9(8)12-7(2)13-10/h6H,3-5,11H2,1-2H3. The maximum absolute atomic E-state index is 5.91. The van der Waals surface area contributed by atoms with Crippen molar-refractivity contribution < 1.29 is 0 Å². The lowest BCUT2D eigenvalue weighted by molar-refractivity contribution is 0.738. The summed E-state index contributed by atoms with van der Waals surface area (Å²) in [6.45, 7) is 3.93. The lowest BCUT2D eigenvalue weighted by Gasteiger charge is -2.19. The van der Waals surface area contributed by atoms with E-state index < -0.39 is 0 Å². The number of aromatic nitrogens is 2. The van der Waals surface area contributed by atoms with Crippen LogP contribution in [0.25, 0.3) is 0 Å². The zero-order valence-corrected chi connectivity index (χ0v) is 9.40. The first-order chi connectivity index (χ1) is 6.68. The number of hydrogen-bond acceptors (Lipinski definition) is 4. The molecule has 0 aromatic carbocycles. The summed E-state index contributed by atoms with van der Waals surface area (Å²) in [5.41, 5.74) is 9.44. The van der Waals surface area contributed by atoms with Crippen molar-refractivity contribution in [3.63, 3.8) is 0 Å². The van der Waals surface area contributed by atoms with Gasteiger partial charge >= 0.3 is 0 Å². The molecular formula is C10H15N3S. The third kappa shape index (κ3) is 1.77. The monoisotopic (exact) mass is 209 g/mol. The zero-order valence-electron chi connectivity index (χ0n) is 8.58. The number of rotatable bonds is 1. The van der Waals surface area contributed by atoms with Gasteiger partial charge in [-0.1, -0.05) is 0 Å². The molecule has 2 N–H and O–H groups in total. The largest absolute Gasteiger partial charge is 0.323 e. The van der Waals surface area contributed by atoms with Crippen LogP contribution in [0.2, 0.25) is 0 Å². The molecule has 1 aromatic rings. The van der Waals surface area contributed by atoms with E-state index in [1.54, 1.807) is 0 Å². The van der Waals surface area contributed by atoms with Crippen molar-refractivity contribution in [2.45, 2.75) is 32.1 Å². The van der Waals surface area contributed by atoms with E-state index in [0.29, 0.717) is 0 Å². The Hall–Kier alpha value is -0.610. The summed E-state index contributed by atoms with van der Waals surface area (Å²) in [5.74, 6) is 3.04. The first kappa shape index (κ1) is 9.93. The SMILES string of the molecule is Cc1nc2c(c(C(C)N)n1)CSCC2. The van der Waals surface area contributed by atoms with Crippen LogP contribution in [-0.4, -0.2) is 15.7 Å². The van der Waals surface area contributed by atoms with E-state index in [4.69, 9.17) is 5.73 Å². The van der Waals surface area contributed by atoms with E-state index in [1.807, 2.05) is 25.6 Å². The van der Waals surface area contributed by atoms with Crippen LogP contribution in [0.15, 0.2) is 0 Å². The Kier molecular flexibility index (Phi) is 2.74. The average molecular weight is 209 g/mol. The Morgan fingerprint density at radius 3 is 2.93 bits per heavy atom. The highest BCUT2D eigenvalue weighted by Gasteiger charge is 2.18. The highest BCUT2D eigenvalue weighted by Crippen LogP contribution is 2.27. The van der Waals surface area contributed by atoms with Gasteiger partial charge in [0.05, 0.1) is 5.69 Å². The number of thioether (sulfide) groups is 1. The van der Waals surface area contributed by atoms with Crippen molar-refractivity contribution in [3.8, 4) is 0 Å². The summed E-state index contributed by atoms with van der Waals surface area (Å²) in [4.78, 5) is 8.91. The number of nitrogens with two attached hydrogens (primary N) is 1. The molecule has 0 amide bonds. The average Bonchev–Trinajstić information content (AvgIpc) is 2.16. The first-order valence-corrected chi connectivity index (χ1v) is 6.03. The van der Waals surface area contributed by atoms with Crippen LogP contribution >= 0.6 is 11.8 Å². The molecule has 0 saturated heterocycles. The molecule has 4 heteroatoms. The predicted molar refractivity (Wildman–Crippen MR) is 59.2 cm³/mol. The minimum Gasteiger partial charge on any atom is -0.323 e. The van der Waals surface area contributed by atoms with E-state index in [0.717, 1.165) is 23.7 Å². The van der Waals surface area contributed by atoms with Crippen molar-refractivity contribution in [2.24, 2.45) is 5.73 Å². The van der Waals surface area contributed by atoms with Gasteiger partial charge in [-0.3, -0.25) is 0 Å². The Balaban J connectivity index is 2.52. The molecule has 2 rings (SSSR count). The van der Waals surface area contributed by atoms with Crippen LogP contribution in [0, 0.1) is 6.92 Å². The second-order valence-corrected chi connectivity index (χ2v) is 4.78. The van der Waals surface area contributed by atoms with Crippen molar-refractivity contribution in [2.75, 3.05) is 5.75 Å². The lowest BCUT2D eigenvalue weighted by Crippen LogP contribution is -2.17. The smallest absolute Gasteiger partial charge is 0.125 e. The van der Waals surface area contributed by atoms with Crippen molar-refractivity contribution >= 4 is 11.8 Å². The highest BCUT2D eigenvalue weighted by molar-refractivity contribution is 7.98. The van der Waals surface area contributed by atoms with Gasteiger partial charge in [0.25, 0.3) is 0 Å². The summed E-state index contributed by atoms with van der Waals surface area (Å²) >= 11 is 1.94. The summed E-state index contributed by atoms with van der Waals surface area (Å²) in [6, 6.07) is 0.0177. The topological polar surface area (TPSA) is 51.8 Å². The molecule has 0 spiro atoms. The quantitative estimate of drug-likeness (QED) is 0.763. The molecule has 1 aromatic heterocycles. The molecule has 2 heterocycles. The molecule has 0 fully saturated rings. The maximum Gasteiger partial charge on any atom is 0.125 e. The molecular weight excluding hydrogens is 194 g/mol. The Labute approximate surface area is 88.5 Å². The van der Waals surface area contributed by atoms with Crippen LogP contribution < -0.4 is 5.73 Å². The van der Waals surface area contributed by atoms with Crippen LogP contribution in [0.5, 0.6) is 0 Å². The molecule has 1 aliphatic rings. The lowest BCUT2D eigenvalue weighted by atomic mass is 10.1. The molecule has 1 aliphatic heterocycles. The van der Waals surface area contributed by atoms with Crippen molar-refractivity contribution in [1.82, 2.24) is 9.97 Å². The number of aryl methyl sites for hydroxylation is 2. The van der Waals surface area contributed by atoms with Gasteiger partial charge < -0.3 is 5.73 Å². The van der Waals surface area contributed by atoms with Crippen LogP contribution in [0.4, 0.5) is 0 Å². The highest BCUT2D eigenvalue weighted by atomic mass is 32.2. The fourth-order valence-electron chi connectivity index (χ4n) is 1.76. The molecule has 1 atom stereocenters. The molecule has 3 nitrogen and oxygen atoms in total. The maximum atomic E-state index is 5.91. The van der Waals surface area contributed by atoms with Gasteiger partial charge in [-0.25, -0.2) is 9.97 Å². The minimum atomic E-state index is 0.0177. The van der Waals surface area contributed by atoms with E-state index in [9.17, 15) is 0 Å². The van der Waals surface area contributed by atoms with E-state index in [1.165, 1.54) is 17.0 Å². The molecule has 0 aliphatic carbocycles. The second kappa shape index (κ2) is 3.87. The number of nitrogens with zero attached hydrogens (tertiary/aromatic N) is 2. The van der Waals surface area contributed by atoms with Gasteiger partial charge in [0.15, 0.2) is 0 Å². The fraction of sp³-hybridized carbons (Fsp3) is 0.600. The van der Waals surface area contributed by atoms with E-state index in [2.05, 4.69) is 9.97 Å².